The monoisotopic (exact) mass is 533 g/mol. The highest BCUT2D eigenvalue weighted by Crippen LogP contribution is 2.36. The maximum Gasteiger partial charge on any atom is 0.355 e. The molecule has 4 aromatic rings. The fourth-order valence-electron chi connectivity index (χ4n) is 4.21. The van der Waals surface area contributed by atoms with Gasteiger partial charge in [0.1, 0.15) is 5.75 Å². The van der Waals surface area contributed by atoms with Crippen molar-refractivity contribution < 1.29 is 14.6 Å². The molecule has 2 aromatic heterocycles. The molecule has 194 valence electrons. The maximum atomic E-state index is 13.5. The van der Waals surface area contributed by atoms with Crippen molar-refractivity contribution in [3.8, 4) is 11.6 Å². The number of benzene rings is 2. The Labute approximate surface area is 222 Å². The number of hydrogen-bond donors (Lipinski definition) is 2. The van der Waals surface area contributed by atoms with E-state index < -0.39 is 29.3 Å². The minimum atomic E-state index is -0.931. The molecule has 5 rings (SSSR count). The molecular weight excluding hydrogens is 510 g/mol. The van der Waals surface area contributed by atoms with Crippen molar-refractivity contribution in [1.82, 2.24) is 19.1 Å². The van der Waals surface area contributed by atoms with Crippen molar-refractivity contribution in [2.24, 2.45) is 5.92 Å². The quantitative estimate of drug-likeness (QED) is 0.341. The summed E-state index contributed by atoms with van der Waals surface area (Å²) in [7, 11) is 0. The van der Waals surface area contributed by atoms with Crippen LogP contribution in [0.3, 0.4) is 0 Å². The highest BCUT2D eigenvalue weighted by atomic mass is 35.5. The third-order valence-corrected chi connectivity index (χ3v) is 6.65. The summed E-state index contributed by atoms with van der Waals surface area (Å²) in [5, 5.41) is 12.8. The van der Waals surface area contributed by atoms with E-state index in [1.54, 1.807) is 36.4 Å². The molecule has 0 amide bonds. The van der Waals surface area contributed by atoms with Crippen molar-refractivity contribution >= 4 is 29.2 Å². The van der Waals surface area contributed by atoms with E-state index in [0.29, 0.717) is 22.3 Å². The number of halogens is 1. The molecule has 0 bridgehead atoms. The van der Waals surface area contributed by atoms with E-state index in [0.717, 1.165) is 15.7 Å². The van der Waals surface area contributed by atoms with Gasteiger partial charge in [0, 0.05) is 24.0 Å². The molecule has 0 radical (unpaired) electrons. The van der Waals surface area contributed by atoms with Crippen LogP contribution in [0, 0.1) is 12.8 Å². The van der Waals surface area contributed by atoms with Gasteiger partial charge in [-0.3, -0.25) is 9.36 Å². The van der Waals surface area contributed by atoms with Gasteiger partial charge in [-0.05, 0) is 55.7 Å². The average Bonchev–Trinajstić information content (AvgIpc) is 2.86. The predicted octanol–water partition coefficient (Wildman–Crippen LogP) is 4.38. The van der Waals surface area contributed by atoms with Gasteiger partial charge >= 0.3 is 17.3 Å². The fourth-order valence-corrected chi connectivity index (χ4v) is 4.32. The van der Waals surface area contributed by atoms with E-state index in [-0.39, 0.29) is 25.3 Å². The van der Waals surface area contributed by atoms with E-state index in [1.807, 2.05) is 31.2 Å². The van der Waals surface area contributed by atoms with Crippen molar-refractivity contribution in [2.75, 3.05) is 5.32 Å². The van der Waals surface area contributed by atoms with Crippen molar-refractivity contribution in [1.29, 1.82) is 0 Å². The summed E-state index contributed by atoms with van der Waals surface area (Å²) in [4.78, 5) is 46.0. The molecule has 1 fully saturated rings. The first-order chi connectivity index (χ1) is 18.3. The molecule has 11 heteroatoms. The lowest BCUT2D eigenvalue weighted by atomic mass is 9.80. The van der Waals surface area contributed by atoms with Crippen LogP contribution in [0.15, 0.2) is 76.4 Å². The summed E-state index contributed by atoms with van der Waals surface area (Å²) in [6.07, 6.45) is 1.92. The smallest absolute Gasteiger partial charge is 0.355 e. The van der Waals surface area contributed by atoms with E-state index in [1.165, 1.54) is 10.8 Å². The Hall–Kier alpha value is -4.44. The van der Waals surface area contributed by atoms with Gasteiger partial charge in [-0.15, -0.1) is 0 Å². The second kappa shape index (κ2) is 10.5. The van der Waals surface area contributed by atoms with Crippen LogP contribution < -0.4 is 21.4 Å². The molecule has 1 aliphatic carbocycles. The van der Waals surface area contributed by atoms with Gasteiger partial charge in [0.2, 0.25) is 11.8 Å². The van der Waals surface area contributed by atoms with Crippen molar-refractivity contribution in [2.45, 2.75) is 32.4 Å². The number of hydrogen-bond acceptors (Lipinski definition) is 7. The number of carboxylic acids is 1. The molecule has 0 unspecified atom stereocenters. The third-order valence-electron chi connectivity index (χ3n) is 6.42. The molecule has 2 N–H and O–H groups in total. The molecular formula is C27H24ClN5O5. The minimum absolute atomic E-state index is 0.0824. The second-order valence-corrected chi connectivity index (χ2v) is 9.61. The highest BCUT2D eigenvalue weighted by molar-refractivity contribution is 6.30. The standard InChI is InChI=1S/C27H24ClN5O5/c1-16-2-4-17(5-3-16)15-32-25(31-26(36)33(27(32)37)21-12-18(13-21)24(34)35)30-20-7-9-22(10-8-20)38-23-11-6-19(28)14-29-23/h2-11,14,18,21H,12-13,15H2,1H3,(H,34,35)(H,30,31,36). The summed E-state index contributed by atoms with van der Waals surface area (Å²) in [5.41, 5.74) is 1.24. The molecule has 1 aliphatic rings. The number of pyridine rings is 1. The lowest BCUT2D eigenvalue weighted by molar-refractivity contribution is -0.146. The molecule has 10 nitrogen and oxygen atoms in total. The Kier molecular flexibility index (Phi) is 6.97. The van der Waals surface area contributed by atoms with Crippen molar-refractivity contribution in [3.05, 3.63) is 104 Å². The van der Waals surface area contributed by atoms with Gasteiger partial charge in [-0.2, -0.15) is 4.98 Å². The van der Waals surface area contributed by atoms with Crippen LogP contribution in [0.5, 0.6) is 11.6 Å². The molecule has 0 spiro atoms. The van der Waals surface area contributed by atoms with Crippen LogP contribution in [0.1, 0.15) is 30.0 Å². The van der Waals surface area contributed by atoms with Crippen molar-refractivity contribution in [3.63, 3.8) is 0 Å². The Morgan fingerprint density at radius 2 is 1.79 bits per heavy atom. The first kappa shape index (κ1) is 25.2. The average molecular weight is 534 g/mol. The van der Waals surface area contributed by atoms with E-state index >= 15 is 0 Å². The van der Waals surface area contributed by atoms with Gasteiger partial charge in [0.05, 0.1) is 17.5 Å². The fraction of sp³-hybridized carbons (Fsp3) is 0.222. The predicted molar refractivity (Wildman–Crippen MR) is 141 cm³/mol. The Morgan fingerprint density at radius 3 is 2.42 bits per heavy atom. The number of aliphatic carboxylic acids is 1. The minimum Gasteiger partial charge on any atom is -0.481 e. The Bertz CT molecular complexity index is 1580. The number of nitrogens with one attached hydrogen (secondary N) is 1. The first-order valence-corrected chi connectivity index (χ1v) is 12.3. The zero-order valence-electron chi connectivity index (χ0n) is 20.4. The van der Waals surface area contributed by atoms with Crippen LogP contribution in [0.4, 0.5) is 11.6 Å². The topological polar surface area (TPSA) is 128 Å². The number of carboxylic acid groups (broad SMARTS) is 1. The number of rotatable bonds is 8. The van der Waals surface area contributed by atoms with Gasteiger partial charge < -0.3 is 15.2 Å². The summed E-state index contributed by atoms with van der Waals surface area (Å²) in [6, 6.07) is 17.4. The van der Waals surface area contributed by atoms with Gasteiger partial charge in [-0.1, -0.05) is 41.4 Å². The number of anilines is 2. The Morgan fingerprint density at radius 1 is 1.08 bits per heavy atom. The van der Waals surface area contributed by atoms with E-state index in [9.17, 15) is 19.5 Å². The SMILES string of the molecule is Cc1ccc(Cn2c(Nc3ccc(Oc4ccc(Cl)cn4)cc3)nc(=O)n(C3CC(C(=O)O)C3)c2=O)cc1. The number of carbonyl (C=O) groups is 1. The first-order valence-electron chi connectivity index (χ1n) is 11.9. The zero-order chi connectivity index (χ0) is 26.8. The summed E-state index contributed by atoms with van der Waals surface area (Å²) >= 11 is 5.86. The highest BCUT2D eigenvalue weighted by Gasteiger charge is 2.38. The van der Waals surface area contributed by atoms with E-state index in [2.05, 4.69) is 15.3 Å². The summed E-state index contributed by atoms with van der Waals surface area (Å²) in [6.45, 7) is 2.14. The van der Waals surface area contributed by atoms with Crippen LogP contribution in [0.2, 0.25) is 5.02 Å². The second-order valence-electron chi connectivity index (χ2n) is 9.17. The number of aryl methyl sites for hydroxylation is 1. The summed E-state index contributed by atoms with van der Waals surface area (Å²) in [5.74, 6) is -0.505. The number of ether oxygens (including phenoxy) is 1. The molecule has 0 saturated heterocycles. The van der Waals surface area contributed by atoms with E-state index in [4.69, 9.17) is 16.3 Å². The third kappa shape index (κ3) is 5.45. The van der Waals surface area contributed by atoms with Gasteiger partial charge in [0.15, 0.2) is 0 Å². The molecule has 2 aromatic carbocycles. The number of nitrogens with zero attached hydrogens (tertiary/aromatic N) is 4. The van der Waals surface area contributed by atoms with Crippen LogP contribution in [0.25, 0.3) is 0 Å². The maximum absolute atomic E-state index is 13.5. The molecule has 1 saturated carbocycles. The molecule has 0 atom stereocenters. The molecule has 0 aliphatic heterocycles. The van der Waals surface area contributed by atoms with Gasteiger partial charge in [0.25, 0.3) is 0 Å². The normalized spacial score (nSPS) is 16.5. The zero-order valence-corrected chi connectivity index (χ0v) is 21.1. The number of aromatic nitrogens is 4. The molecule has 38 heavy (non-hydrogen) atoms. The lowest BCUT2D eigenvalue weighted by Gasteiger charge is -2.33. The van der Waals surface area contributed by atoms with Gasteiger partial charge in [-0.25, -0.2) is 19.1 Å². The largest absolute Gasteiger partial charge is 0.481 e. The lowest BCUT2D eigenvalue weighted by Crippen LogP contribution is -2.48. The Balaban J connectivity index is 1.44. The summed E-state index contributed by atoms with van der Waals surface area (Å²) < 4.78 is 8.17. The van der Waals surface area contributed by atoms with Crippen LogP contribution >= 0.6 is 11.6 Å². The van der Waals surface area contributed by atoms with Crippen LogP contribution in [-0.4, -0.2) is 30.2 Å². The molecule has 2 heterocycles. The van der Waals surface area contributed by atoms with Crippen LogP contribution in [-0.2, 0) is 11.3 Å².